The predicted octanol–water partition coefficient (Wildman–Crippen LogP) is 2.08. The van der Waals surface area contributed by atoms with Gasteiger partial charge in [-0.15, -0.1) is 0 Å². The van der Waals surface area contributed by atoms with Gasteiger partial charge in [-0.3, -0.25) is 9.80 Å². The summed E-state index contributed by atoms with van der Waals surface area (Å²) in [6, 6.07) is 8.50. The monoisotopic (exact) mass is 317 g/mol. The lowest BCUT2D eigenvalue weighted by atomic mass is 10.1. The molecule has 2 N–H and O–H groups in total. The third-order valence-electron chi connectivity index (χ3n) is 3.61. The van der Waals surface area contributed by atoms with E-state index in [2.05, 4.69) is 18.9 Å². The number of nitrogens with two attached hydrogens (primary N) is 1. The van der Waals surface area contributed by atoms with Gasteiger partial charge in [-0.1, -0.05) is 32.0 Å². The van der Waals surface area contributed by atoms with E-state index >= 15 is 0 Å². The quantitative estimate of drug-likeness (QED) is 0.814. The normalized spacial score (nSPS) is 18.7. The summed E-state index contributed by atoms with van der Waals surface area (Å²) in [4.78, 5) is 23.9. The summed E-state index contributed by atoms with van der Waals surface area (Å²) in [5.41, 5.74) is 6.40. The molecular weight excluding hydrogens is 294 g/mol. The Labute approximate surface area is 136 Å². The molecule has 2 unspecified atom stereocenters. The number of nitrogens with zero attached hydrogens (tertiary/aromatic N) is 2. The fourth-order valence-corrected chi connectivity index (χ4v) is 2.64. The molecule has 2 atom stereocenters. The van der Waals surface area contributed by atoms with Gasteiger partial charge in [0.25, 0.3) is 0 Å². The Morgan fingerprint density at radius 1 is 1.30 bits per heavy atom. The Kier molecular flexibility index (Phi) is 5.36. The molecule has 23 heavy (non-hydrogen) atoms. The van der Waals surface area contributed by atoms with Crippen LogP contribution in [0.4, 0.5) is 5.69 Å². The number of hydrogen-bond acceptors (Lipinski definition) is 5. The van der Waals surface area contributed by atoms with Crippen LogP contribution in [-0.2, 0) is 14.3 Å². The van der Waals surface area contributed by atoms with E-state index in [1.54, 1.807) is 0 Å². The molecule has 0 fully saturated rings. The summed E-state index contributed by atoms with van der Waals surface area (Å²) >= 11 is 0. The van der Waals surface area contributed by atoms with Gasteiger partial charge in [0.1, 0.15) is 11.8 Å². The summed E-state index contributed by atoms with van der Waals surface area (Å²) in [5, 5.41) is 5.76. The summed E-state index contributed by atoms with van der Waals surface area (Å²) in [7, 11) is 0. The SMILES string of the molecule is CC(C)CC(C)OC(=O)C1=NN(c2ccccc2)C(C(N)=O)C1. The molecule has 0 saturated heterocycles. The van der Waals surface area contributed by atoms with Gasteiger partial charge in [-0.25, -0.2) is 4.79 Å². The van der Waals surface area contributed by atoms with Crippen LogP contribution in [-0.4, -0.2) is 29.7 Å². The summed E-state index contributed by atoms with van der Waals surface area (Å²) < 4.78 is 5.41. The molecule has 0 bridgehead atoms. The highest BCUT2D eigenvalue weighted by Gasteiger charge is 2.36. The molecule has 6 heteroatoms. The summed E-state index contributed by atoms with van der Waals surface area (Å²) in [6.45, 7) is 5.99. The van der Waals surface area contributed by atoms with E-state index in [4.69, 9.17) is 10.5 Å². The number of hydrogen-bond donors (Lipinski definition) is 1. The minimum Gasteiger partial charge on any atom is -0.458 e. The number of hydrazone groups is 1. The third kappa shape index (κ3) is 4.31. The molecule has 6 nitrogen and oxygen atoms in total. The first-order chi connectivity index (χ1) is 10.9. The number of primary amides is 1. The minimum atomic E-state index is -0.666. The zero-order chi connectivity index (χ0) is 17.0. The lowest BCUT2D eigenvalue weighted by Gasteiger charge is -2.20. The molecule has 0 radical (unpaired) electrons. The van der Waals surface area contributed by atoms with Crippen molar-refractivity contribution in [2.75, 3.05) is 5.01 Å². The van der Waals surface area contributed by atoms with Crippen LogP contribution in [0, 0.1) is 5.92 Å². The lowest BCUT2D eigenvalue weighted by molar-refractivity contribution is -0.140. The Morgan fingerprint density at radius 3 is 2.52 bits per heavy atom. The van der Waals surface area contributed by atoms with Crippen molar-refractivity contribution in [1.29, 1.82) is 0 Å². The van der Waals surface area contributed by atoms with Crippen molar-refractivity contribution in [3.8, 4) is 0 Å². The number of rotatable bonds is 6. The van der Waals surface area contributed by atoms with Crippen molar-refractivity contribution in [3.63, 3.8) is 0 Å². The fraction of sp³-hybridized carbons (Fsp3) is 0.471. The maximum Gasteiger partial charge on any atom is 0.354 e. The van der Waals surface area contributed by atoms with E-state index in [0.29, 0.717) is 11.6 Å². The maximum atomic E-state index is 12.3. The number of benzene rings is 1. The number of ether oxygens (including phenoxy) is 1. The zero-order valence-electron chi connectivity index (χ0n) is 13.7. The number of amides is 1. The van der Waals surface area contributed by atoms with Crippen molar-refractivity contribution in [3.05, 3.63) is 30.3 Å². The van der Waals surface area contributed by atoms with Crippen LogP contribution in [0.5, 0.6) is 0 Å². The van der Waals surface area contributed by atoms with Crippen molar-refractivity contribution in [2.24, 2.45) is 16.8 Å². The smallest absolute Gasteiger partial charge is 0.354 e. The Morgan fingerprint density at radius 2 is 1.96 bits per heavy atom. The number of anilines is 1. The average molecular weight is 317 g/mol. The lowest BCUT2D eigenvalue weighted by Crippen LogP contribution is -2.39. The van der Waals surface area contributed by atoms with Crippen molar-refractivity contribution in [2.45, 2.75) is 45.8 Å². The zero-order valence-corrected chi connectivity index (χ0v) is 13.7. The number of esters is 1. The first-order valence-corrected chi connectivity index (χ1v) is 7.80. The molecule has 0 aliphatic carbocycles. The molecule has 0 aromatic heterocycles. The average Bonchev–Trinajstić information content (AvgIpc) is 2.92. The molecule has 1 amide bonds. The number of carbonyl (C=O) groups excluding carboxylic acids is 2. The van der Waals surface area contributed by atoms with Crippen LogP contribution >= 0.6 is 0 Å². The molecule has 2 rings (SSSR count). The second-order valence-corrected chi connectivity index (χ2v) is 6.19. The van der Waals surface area contributed by atoms with Crippen LogP contribution in [0.15, 0.2) is 35.4 Å². The highest BCUT2D eigenvalue weighted by molar-refractivity contribution is 6.38. The van der Waals surface area contributed by atoms with Crippen LogP contribution in [0.25, 0.3) is 0 Å². The Balaban J connectivity index is 2.13. The van der Waals surface area contributed by atoms with Crippen LogP contribution in [0.3, 0.4) is 0 Å². The van der Waals surface area contributed by atoms with E-state index in [9.17, 15) is 9.59 Å². The first-order valence-electron chi connectivity index (χ1n) is 7.80. The number of para-hydroxylation sites is 1. The Hall–Kier alpha value is -2.37. The minimum absolute atomic E-state index is 0.164. The van der Waals surface area contributed by atoms with E-state index in [0.717, 1.165) is 6.42 Å². The topological polar surface area (TPSA) is 85.0 Å². The van der Waals surface area contributed by atoms with E-state index in [1.807, 2.05) is 37.3 Å². The molecule has 0 spiro atoms. The fourth-order valence-electron chi connectivity index (χ4n) is 2.64. The molecule has 1 heterocycles. The van der Waals surface area contributed by atoms with Crippen LogP contribution in [0.2, 0.25) is 0 Å². The van der Waals surface area contributed by atoms with Gasteiger partial charge in [-0.05, 0) is 31.4 Å². The molecule has 124 valence electrons. The van der Waals surface area contributed by atoms with Gasteiger partial charge in [0.05, 0.1) is 11.8 Å². The molecule has 1 aromatic carbocycles. The molecule has 1 aliphatic heterocycles. The van der Waals surface area contributed by atoms with E-state index < -0.39 is 17.9 Å². The summed E-state index contributed by atoms with van der Waals surface area (Å²) in [5.74, 6) is -0.569. The summed E-state index contributed by atoms with van der Waals surface area (Å²) in [6.07, 6.45) is 0.751. The first kappa shape index (κ1) is 17.0. The highest BCUT2D eigenvalue weighted by atomic mass is 16.5. The predicted molar refractivity (Wildman–Crippen MR) is 89.0 cm³/mol. The third-order valence-corrected chi connectivity index (χ3v) is 3.61. The second kappa shape index (κ2) is 7.26. The highest BCUT2D eigenvalue weighted by Crippen LogP contribution is 2.25. The molecular formula is C17H23N3O3. The molecule has 0 saturated carbocycles. The molecule has 1 aromatic rings. The molecule has 1 aliphatic rings. The van der Waals surface area contributed by atoms with Gasteiger partial charge in [0, 0.05) is 6.42 Å². The number of carbonyl (C=O) groups is 2. The van der Waals surface area contributed by atoms with Gasteiger partial charge >= 0.3 is 5.97 Å². The van der Waals surface area contributed by atoms with Crippen LogP contribution < -0.4 is 10.7 Å². The van der Waals surface area contributed by atoms with E-state index in [1.165, 1.54) is 5.01 Å². The van der Waals surface area contributed by atoms with Crippen LogP contribution in [0.1, 0.15) is 33.6 Å². The second-order valence-electron chi connectivity index (χ2n) is 6.19. The Bertz CT molecular complexity index is 598. The van der Waals surface area contributed by atoms with Gasteiger partial charge in [0.2, 0.25) is 5.91 Å². The van der Waals surface area contributed by atoms with Crippen molar-refractivity contribution < 1.29 is 14.3 Å². The van der Waals surface area contributed by atoms with Gasteiger partial charge < -0.3 is 10.5 Å². The van der Waals surface area contributed by atoms with E-state index in [-0.39, 0.29) is 18.2 Å². The van der Waals surface area contributed by atoms with Gasteiger partial charge in [0.15, 0.2) is 0 Å². The van der Waals surface area contributed by atoms with Crippen molar-refractivity contribution >= 4 is 23.3 Å². The maximum absolute atomic E-state index is 12.3. The van der Waals surface area contributed by atoms with Crippen molar-refractivity contribution in [1.82, 2.24) is 0 Å². The standard InChI is InChI=1S/C17H23N3O3/c1-11(2)9-12(3)23-17(22)14-10-15(16(18)21)20(19-14)13-7-5-4-6-8-13/h4-8,11-12,15H,9-10H2,1-3H3,(H2,18,21). The van der Waals surface area contributed by atoms with Gasteiger partial charge in [-0.2, -0.15) is 5.10 Å². The largest absolute Gasteiger partial charge is 0.458 e.